The van der Waals surface area contributed by atoms with Crippen LogP contribution >= 0.6 is 0 Å². The molecule has 1 aliphatic heterocycles. The fraction of sp³-hybridized carbons (Fsp3) is 0.733. The van der Waals surface area contributed by atoms with E-state index in [-0.39, 0.29) is 0 Å². The maximum absolute atomic E-state index is 5.50. The molecule has 2 atom stereocenters. The van der Waals surface area contributed by atoms with Crippen LogP contribution in [0.5, 0.6) is 0 Å². The van der Waals surface area contributed by atoms with Gasteiger partial charge in [0.05, 0.1) is 12.8 Å². The van der Waals surface area contributed by atoms with Gasteiger partial charge in [-0.05, 0) is 57.2 Å². The summed E-state index contributed by atoms with van der Waals surface area (Å²) in [7, 11) is 0. The van der Waals surface area contributed by atoms with Crippen LogP contribution in [-0.2, 0) is 6.54 Å². The first kappa shape index (κ1) is 12.2. The first-order valence-corrected chi connectivity index (χ1v) is 7.31. The molecule has 0 bridgehead atoms. The highest BCUT2D eigenvalue weighted by molar-refractivity contribution is 5.00. The third-order valence-electron chi connectivity index (χ3n) is 4.23. The van der Waals surface area contributed by atoms with Gasteiger partial charge in [-0.15, -0.1) is 0 Å². The van der Waals surface area contributed by atoms with E-state index in [0.29, 0.717) is 6.04 Å². The molecule has 1 aliphatic carbocycles. The lowest BCUT2D eigenvalue weighted by atomic mass is 9.92. The van der Waals surface area contributed by atoms with Crippen molar-refractivity contribution in [3.8, 4) is 0 Å². The molecule has 0 spiro atoms. The Balaban J connectivity index is 1.56. The van der Waals surface area contributed by atoms with Gasteiger partial charge in [0.1, 0.15) is 5.76 Å². The summed E-state index contributed by atoms with van der Waals surface area (Å²) in [5.74, 6) is 1.97. The summed E-state index contributed by atoms with van der Waals surface area (Å²) in [5.41, 5.74) is 0. The van der Waals surface area contributed by atoms with Crippen LogP contribution in [-0.4, -0.2) is 30.1 Å². The molecule has 100 valence electrons. The summed E-state index contributed by atoms with van der Waals surface area (Å²) < 4.78 is 5.50. The number of nitrogens with zero attached hydrogens (tertiary/aromatic N) is 1. The van der Waals surface area contributed by atoms with E-state index in [1.165, 1.54) is 38.8 Å². The summed E-state index contributed by atoms with van der Waals surface area (Å²) in [6.45, 7) is 5.73. The number of rotatable bonds is 5. The van der Waals surface area contributed by atoms with Crippen molar-refractivity contribution < 1.29 is 4.42 Å². The third-order valence-corrected chi connectivity index (χ3v) is 4.23. The SMILES string of the molecule is CC1CC(CN(Cc2ccco2)C2CC2)CCN1. The van der Waals surface area contributed by atoms with Crippen LogP contribution in [0.3, 0.4) is 0 Å². The van der Waals surface area contributed by atoms with Crippen LogP contribution in [0.15, 0.2) is 22.8 Å². The predicted molar refractivity (Wildman–Crippen MR) is 72.3 cm³/mol. The largest absolute Gasteiger partial charge is 0.468 e. The van der Waals surface area contributed by atoms with Crippen LogP contribution in [0.1, 0.15) is 38.4 Å². The predicted octanol–water partition coefficient (Wildman–Crippen LogP) is 2.63. The second kappa shape index (κ2) is 5.45. The molecule has 3 nitrogen and oxygen atoms in total. The van der Waals surface area contributed by atoms with Crippen molar-refractivity contribution in [3.63, 3.8) is 0 Å². The zero-order valence-corrected chi connectivity index (χ0v) is 11.3. The Hall–Kier alpha value is -0.800. The minimum atomic E-state index is 0.688. The summed E-state index contributed by atoms with van der Waals surface area (Å²) in [6, 6.07) is 5.60. The van der Waals surface area contributed by atoms with Crippen LogP contribution < -0.4 is 5.32 Å². The second-order valence-corrected chi connectivity index (χ2v) is 5.99. The minimum absolute atomic E-state index is 0.688. The number of piperidine rings is 1. The summed E-state index contributed by atoms with van der Waals surface area (Å²) in [6.07, 6.45) is 7.18. The fourth-order valence-corrected chi connectivity index (χ4v) is 3.12. The first-order chi connectivity index (χ1) is 8.81. The number of furan rings is 1. The Morgan fingerprint density at radius 2 is 2.28 bits per heavy atom. The molecule has 3 heteroatoms. The van der Waals surface area contributed by atoms with Crippen molar-refractivity contribution in [2.75, 3.05) is 13.1 Å². The molecule has 1 aromatic rings. The Morgan fingerprint density at radius 1 is 1.39 bits per heavy atom. The molecule has 1 saturated heterocycles. The van der Waals surface area contributed by atoms with E-state index in [1.54, 1.807) is 6.26 Å². The molecule has 1 N–H and O–H groups in total. The normalized spacial score (nSPS) is 28.8. The van der Waals surface area contributed by atoms with Crippen molar-refractivity contribution in [2.24, 2.45) is 5.92 Å². The summed E-state index contributed by atoms with van der Waals surface area (Å²) in [5, 5.41) is 3.54. The van der Waals surface area contributed by atoms with E-state index in [0.717, 1.165) is 24.3 Å². The van der Waals surface area contributed by atoms with E-state index in [2.05, 4.69) is 23.2 Å². The van der Waals surface area contributed by atoms with E-state index >= 15 is 0 Å². The monoisotopic (exact) mass is 248 g/mol. The molecule has 0 radical (unpaired) electrons. The van der Waals surface area contributed by atoms with Crippen LogP contribution in [0.4, 0.5) is 0 Å². The molecule has 0 amide bonds. The molecule has 1 aromatic heterocycles. The molecule has 0 aromatic carbocycles. The minimum Gasteiger partial charge on any atom is -0.468 e. The number of nitrogens with one attached hydrogen (secondary N) is 1. The maximum Gasteiger partial charge on any atom is 0.117 e. The van der Waals surface area contributed by atoms with Gasteiger partial charge in [0, 0.05) is 18.6 Å². The summed E-state index contributed by atoms with van der Waals surface area (Å²) in [4.78, 5) is 2.64. The smallest absolute Gasteiger partial charge is 0.117 e. The van der Waals surface area contributed by atoms with Gasteiger partial charge in [0.25, 0.3) is 0 Å². The maximum atomic E-state index is 5.50. The van der Waals surface area contributed by atoms with Gasteiger partial charge < -0.3 is 9.73 Å². The molecular formula is C15H24N2O. The summed E-state index contributed by atoms with van der Waals surface area (Å²) >= 11 is 0. The quantitative estimate of drug-likeness (QED) is 0.868. The first-order valence-electron chi connectivity index (χ1n) is 7.31. The van der Waals surface area contributed by atoms with Crippen molar-refractivity contribution in [1.29, 1.82) is 0 Å². The van der Waals surface area contributed by atoms with Gasteiger partial charge >= 0.3 is 0 Å². The Kier molecular flexibility index (Phi) is 3.71. The lowest BCUT2D eigenvalue weighted by molar-refractivity contribution is 0.168. The highest BCUT2D eigenvalue weighted by Crippen LogP contribution is 2.30. The highest BCUT2D eigenvalue weighted by Gasteiger charge is 2.32. The van der Waals surface area contributed by atoms with Gasteiger partial charge in [-0.25, -0.2) is 0 Å². The Morgan fingerprint density at radius 3 is 2.94 bits per heavy atom. The molecule has 2 unspecified atom stereocenters. The lowest BCUT2D eigenvalue weighted by Crippen LogP contribution is -2.41. The van der Waals surface area contributed by atoms with E-state index in [4.69, 9.17) is 4.42 Å². The zero-order chi connectivity index (χ0) is 12.4. The molecule has 2 fully saturated rings. The van der Waals surface area contributed by atoms with Crippen molar-refractivity contribution in [3.05, 3.63) is 24.2 Å². The number of hydrogen-bond acceptors (Lipinski definition) is 3. The third kappa shape index (κ3) is 3.15. The van der Waals surface area contributed by atoms with Gasteiger partial charge in [-0.3, -0.25) is 4.90 Å². The highest BCUT2D eigenvalue weighted by atomic mass is 16.3. The van der Waals surface area contributed by atoms with E-state index in [1.807, 2.05) is 6.07 Å². The zero-order valence-electron chi connectivity index (χ0n) is 11.3. The fourth-order valence-electron chi connectivity index (χ4n) is 3.12. The van der Waals surface area contributed by atoms with Crippen molar-refractivity contribution in [2.45, 2.75) is 51.2 Å². The van der Waals surface area contributed by atoms with Gasteiger partial charge in [-0.2, -0.15) is 0 Å². The molecule has 2 aliphatic rings. The molecule has 2 heterocycles. The molecule has 3 rings (SSSR count). The van der Waals surface area contributed by atoms with Crippen LogP contribution in [0.2, 0.25) is 0 Å². The second-order valence-electron chi connectivity index (χ2n) is 5.99. The average Bonchev–Trinajstić information content (AvgIpc) is 3.08. The standard InChI is InChI=1S/C15H24N2O/c1-12-9-13(6-7-16-12)10-17(14-4-5-14)11-15-3-2-8-18-15/h2-3,8,12-14,16H,4-7,9-11H2,1H3. The number of hydrogen-bond donors (Lipinski definition) is 1. The Bertz CT molecular complexity index is 359. The average molecular weight is 248 g/mol. The van der Waals surface area contributed by atoms with Crippen LogP contribution in [0, 0.1) is 5.92 Å². The molecule has 1 saturated carbocycles. The van der Waals surface area contributed by atoms with E-state index in [9.17, 15) is 0 Å². The van der Waals surface area contributed by atoms with Gasteiger partial charge in [0.2, 0.25) is 0 Å². The van der Waals surface area contributed by atoms with Crippen LogP contribution in [0.25, 0.3) is 0 Å². The lowest BCUT2D eigenvalue weighted by Gasteiger charge is -2.32. The van der Waals surface area contributed by atoms with Gasteiger partial charge in [0.15, 0.2) is 0 Å². The molecule has 18 heavy (non-hydrogen) atoms. The van der Waals surface area contributed by atoms with Crippen molar-refractivity contribution >= 4 is 0 Å². The van der Waals surface area contributed by atoms with Gasteiger partial charge in [-0.1, -0.05) is 0 Å². The molecular weight excluding hydrogens is 224 g/mol. The Labute approximate surface area is 110 Å². The van der Waals surface area contributed by atoms with E-state index < -0.39 is 0 Å². The van der Waals surface area contributed by atoms with Crippen molar-refractivity contribution in [1.82, 2.24) is 10.2 Å². The topological polar surface area (TPSA) is 28.4 Å².